The Morgan fingerprint density at radius 2 is 1.00 bits per heavy atom. The van der Waals surface area contributed by atoms with Crippen molar-refractivity contribution in [2.45, 2.75) is 35.3 Å². The molecule has 0 aliphatic carbocycles. The summed E-state index contributed by atoms with van der Waals surface area (Å²) in [7, 11) is 9.75. The summed E-state index contributed by atoms with van der Waals surface area (Å²) < 4.78 is 0. The Morgan fingerprint density at radius 3 is 1.12 bits per heavy atom. The molecular formula is C10H18Br2Cl2N2Pt. The van der Waals surface area contributed by atoms with E-state index in [1.807, 2.05) is 0 Å². The summed E-state index contributed by atoms with van der Waals surface area (Å²) in [5, 5.41) is 8.40. The zero-order valence-corrected chi connectivity index (χ0v) is 16.5. The van der Waals surface area contributed by atoms with Crippen LogP contribution >= 0.6 is 50.7 Å². The molecule has 0 aromatic heterocycles. The number of nitrogens with zero attached hydrogens (tertiary/aromatic N) is 2. The number of hydrogen-bond donors (Lipinski definition) is 0. The van der Waals surface area contributed by atoms with Gasteiger partial charge in [0, 0.05) is 9.65 Å². The van der Waals surface area contributed by atoms with Gasteiger partial charge in [-0.25, -0.2) is 0 Å². The Morgan fingerprint density at radius 1 is 0.765 bits per heavy atom. The van der Waals surface area contributed by atoms with Crippen molar-refractivity contribution in [1.82, 2.24) is 0 Å². The molecule has 0 spiro atoms. The Bertz CT molecular complexity index is 141. The van der Waals surface area contributed by atoms with E-state index in [2.05, 4.69) is 42.5 Å². The summed E-state index contributed by atoms with van der Waals surface area (Å²) in [6, 6.07) is 0. The average Bonchev–Trinajstić information content (AvgIpc) is 2.33. The molecule has 2 nitrogen and oxygen atoms in total. The molecule has 7 heteroatoms. The fourth-order valence-electron chi connectivity index (χ4n) is 1.44. The minimum atomic E-state index is -0.472. The van der Waals surface area contributed by atoms with Crippen LogP contribution < -0.4 is 0 Å². The summed E-state index contributed by atoms with van der Waals surface area (Å²) in [5.41, 5.74) is 0. The maximum atomic E-state index is 4.88. The first-order chi connectivity index (χ1) is 8.20. The zero-order chi connectivity index (χ0) is 12.9. The Hall–Kier alpha value is 2.15. The van der Waals surface area contributed by atoms with E-state index in [1.165, 1.54) is 25.7 Å². The van der Waals surface area contributed by atoms with E-state index in [0.717, 1.165) is 35.8 Å². The predicted octanol–water partition coefficient (Wildman–Crippen LogP) is 5.21. The first kappa shape index (κ1) is 19.1. The van der Waals surface area contributed by atoms with E-state index < -0.39 is 16.5 Å². The third-order valence-electron chi connectivity index (χ3n) is 2.40. The van der Waals surface area contributed by atoms with Crippen LogP contribution in [0.5, 0.6) is 0 Å². The second-order valence-electron chi connectivity index (χ2n) is 3.74. The van der Waals surface area contributed by atoms with Gasteiger partial charge in [-0.3, -0.25) is 0 Å². The van der Waals surface area contributed by atoms with Crippen molar-refractivity contribution in [2.24, 2.45) is 0 Å². The Balaban J connectivity index is 0.000000247. The topological polar surface area (TPSA) is 28.2 Å². The third-order valence-corrected chi connectivity index (χ3v) is 4.23. The van der Waals surface area contributed by atoms with Gasteiger partial charge in [-0.15, -0.1) is 26.2 Å². The average molecular weight is 592 g/mol. The summed E-state index contributed by atoms with van der Waals surface area (Å²) in [6.07, 6.45) is 4.94. The van der Waals surface area contributed by atoms with Crippen molar-refractivity contribution < 1.29 is 16.5 Å². The summed E-state index contributed by atoms with van der Waals surface area (Å²) in [5.74, 6) is 0. The van der Waals surface area contributed by atoms with Crippen molar-refractivity contribution in [3.05, 3.63) is 10.6 Å². The molecule has 17 heavy (non-hydrogen) atoms. The standard InChI is InChI=1S/2C5H9BrN.2ClH.Pt/c2*6-5-1-3-7-4-2-5;;;/h2*5H,1-4H2;2*1H;/q2*-1;;;+4/p-2. The maximum absolute atomic E-state index is 4.88. The van der Waals surface area contributed by atoms with E-state index in [0.29, 0.717) is 0 Å². The van der Waals surface area contributed by atoms with Crippen LogP contribution in [-0.2, 0) is 16.5 Å². The molecule has 2 heterocycles. The van der Waals surface area contributed by atoms with Crippen molar-refractivity contribution in [3.8, 4) is 0 Å². The molecule has 0 saturated carbocycles. The summed E-state index contributed by atoms with van der Waals surface area (Å²) in [4.78, 5) is 1.51. The van der Waals surface area contributed by atoms with E-state index in [-0.39, 0.29) is 0 Å². The van der Waals surface area contributed by atoms with Crippen molar-refractivity contribution >= 4 is 50.7 Å². The molecule has 2 rings (SSSR count). The van der Waals surface area contributed by atoms with Crippen molar-refractivity contribution in [2.75, 3.05) is 26.2 Å². The normalized spacial score (nSPS) is 22.1. The first-order valence-corrected chi connectivity index (χ1v) is 13.0. The second kappa shape index (κ2) is 14.6. The van der Waals surface area contributed by atoms with Crippen LogP contribution in [0.3, 0.4) is 0 Å². The quantitative estimate of drug-likeness (QED) is 0.346. The van der Waals surface area contributed by atoms with Gasteiger partial charge in [-0.05, 0) is 0 Å². The van der Waals surface area contributed by atoms with Crippen LogP contribution in [0.4, 0.5) is 0 Å². The zero-order valence-electron chi connectivity index (χ0n) is 9.53. The van der Waals surface area contributed by atoms with Crippen molar-refractivity contribution in [1.29, 1.82) is 0 Å². The van der Waals surface area contributed by atoms with Gasteiger partial charge in [-0.2, -0.15) is 0 Å². The van der Waals surface area contributed by atoms with Gasteiger partial charge < -0.3 is 10.6 Å². The minimum absolute atomic E-state index is 0.472. The predicted molar refractivity (Wildman–Crippen MR) is 81.8 cm³/mol. The number of hydrogen-bond acceptors (Lipinski definition) is 0. The van der Waals surface area contributed by atoms with Gasteiger partial charge in [0.1, 0.15) is 0 Å². The van der Waals surface area contributed by atoms with Gasteiger partial charge in [-0.1, -0.05) is 57.5 Å². The number of alkyl halides is 2. The van der Waals surface area contributed by atoms with Crippen LogP contribution in [0.25, 0.3) is 10.6 Å². The van der Waals surface area contributed by atoms with Crippen LogP contribution in [0.1, 0.15) is 25.7 Å². The Labute approximate surface area is 138 Å². The SMILES string of the molecule is BrC1CC[N-]CC1.BrC1CC[N-]CC1.[Cl][Pt+2][Cl]. The molecule has 0 N–H and O–H groups in total. The fraction of sp³-hybridized carbons (Fsp3) is 1.00. The molecule has 2 aliphatic rings. The molecule has 0 aromatic carbocycles. The van der Waals surface area contributed by atoms with Gasteiger partial charge >= 0.3 is 35.3 Å². The number of halogens is 4. The van der Waals surface area contributed by atoms with E-state index >= 15 is 0 Å². The number of piperidine rings is 2. The van der Waals surface area contributed by atoms with Crippen LogP contribution in [0.2, 0.25) is 0 Å². The van der Waals surface area contributed by atoms with Gasteiger partial charge in [0.05, 0.1) is 0 Å². The van der Waals surface area contributed by atoms with Crippen LogP contribution in [0.15, 0.2) is 0 Å². The van der Waals surface area contributed by atoms with Gasteiger partial charge in [0.25, 0.3) is 0 Å². The molecule has 2 saturated heterocycles. The second-order valence-corrected chi connectivity index (χ2v) is 9.61. The van der Waals surface area contributed by atoms with Crippen LogP contribution in [0, 0.1) is 0 Å². The molecule has 0 radical (unpaired) electrons. The molecule has 2 fully saturated rings. The van der Waals surface area contributed by atoms with Crippen LogP contribution in [-0.4, -0.2) is 35.8 Å². The molecule has 0 unspecified atom stereocenters. The molecule has 0 amide bonds. The monoisotopic (exact) mass is 589 g/mol. The summed E-state index contributed by atoms with van der Waals surface area (Å²) in [6.45, 7) is 4.26. The fourth-order valence-corrected chi connectivity index (χ4v) is 2.26. The molecule has 2 aliphatic heterocycles. The molecule has 106 valence electrons. The Kier molecular flexibility index (Phi) is 16.4. The van der Waals surface area contributed by atoms with E-state index in [4.69, 9.17) is 18.8 Å². The van der Waals surface area contributed by atoms with Gasteiger partial charge in [0.15, 0.2) is 0 Å². The molecule has 0 bridgehead atoms. The molecule has 0 aromatic rings. The van der Waals surface area contributed by atoms with E-state index in [1.54, 1.807) is 0 Å². The third kappa shape index (κ3) is 14.4. The van der Waals surface area contributed by atoms with Crippen molar-refractivity contribution in [3.63, 3.8) is 0 Å². The van der Waals surface area contributed by atoms with Gasteiger partial charge in [0.2, 0.25) is 0 Å². The number of rotatable bonds is 0. The van der Waals surface area contributed by atoms with E-state index in [9.17, 15) is 0 Å². The molecular weight excluding hydrogens is 574 g/mol. The molecule has 0 atom stereocenters. The first-order valence-electron chi connectivity index (χ1n) is 5.57. The summed E-state index contributed by atoms with van der Waals surface area (Å²) >= 11 is 6.58.